The second-order valence-corrected chi connectivity index (χ2v) is 8.92. The van der Waals surface area contributed by atoms with Gasteiger partial charge in [-0.15, -0.1) is 0 Å². The molecule has 0 fully saturated rings. The smallest absolute Gasteiger partial charge is 0.242 e. The Hall–Kier alpha value is -2.62. The highest BCUT2D eigenvalue weighted by Gasteiger charge is 2.25. The Morgan fingerprint density at radius 2 is 1.60 bits per heavy atom. The normalized spacial score (nSPS) is 12.3. The van der Waals surface area contributed by atoms with E-state index in [0.29, 0.717) is 25.9 Å². The minimum Gasteiger partial charge on any atom is -0.354 e. The molecule has 0 radical (unpaired) electrons. The Balaban J connectivity index is 2.08. The van der Waals surface area contributed by atoms with E-state index in [0.717, 1.165) is 17.5 Å². The van der Waals surface area contributed by atoms with E-state index in [4.69, 9.17) is 0 Å². The molecule has 0 saturated heterocycles. The van der Waals surface area contributed by atoms with Crippen molar-refractivity contribution < 1.29 is 9.59 Å². The summed E-state index contributed by atoms with van der Waals surface area (Å²) in [7, 11) is 0. The Morgan fingerprint density at radius 1 is 0.967 bits per heavy atom. The Labute approximate surface area is 181 Å². The molecule has 30 heavy (non-hydrogen) atoms. The molecule has 2 aromatic carbocycles. The van der Waals surface area contributed by atoms with Crippen LogP contribution in [0.25, 0.3) is 0 Å². The summed E-state index contributed by atoms with van der Waals surface area (Å²) in [5.41, 5.74) is 3.56. The summed E-state index contributed by atoms with van der Waals surface area (Å²) in [6, 6.07) is 17.8. The summed E-state index contributed by atoms with van der Waals surface area (Å²) >= 11 is 0. The Morgan fingerprint density at radius 3 is 2.17 bits per heavy atom. The molecule has 4 heteroatoms. The van der Waals surface area contributed by atoms with Crippen molar-refractivity contribution in [3.8, 4) is 0 Å². The molecule has 4 nitrogen and oxygen atoms in total. The number of nitrogens with zero attached hydrogens (tertiary/aromatic N) is 1. The van der Waals surface area contributed by atoms with Gasteiger partial charge in [-0.05, 0) is 41.9 Å². The van der Waals surface area contributed by atoms with Crippen molar-refractivity contribution in [3.63, 3.8) is 0 Å². The topological polar surface area (TPSA) is 49.4 Å². The summed E-state index contributed by atoms with van der Waals surface area (Å²) in [5.74, 6) is -0.103. The van der Waals surface area contributed by atoms with E-state index in [2.05, 4.69) is 50.4 Å². The summed E-state index contributed by atoms with van der Waals surface area (Å²) < 4.78 is 0. The quantitative estimate of drug-likeness (QED) is 0.644. The second-order valence-electron chi connectivity index (χ2n) is 8.92. The molecule has 2 amide bonds. The van der Waals surface area contributed by atoms with Crippen molar-refractivity contribution in [2.45, 2.75) is 71.9 Å². The van der Waals surface area contributed by atoms with Crippen molar-refractivity contribution in [1.29, 1.82) is 0 Å². The maximum atomic E-state index is 13.1. The number of amides is 2. The Bertz CT molecular complexity index is 807. The molecule has 162 valence electrons. The van der Waals surface area contributed by atoms with Gasteiger partial charge in [-0.3, -0.25) is 9.59 Å². The highest BCUT2D eigenvalue weighted by Crippen LogP contribution is 2.22. The van der Waals surface area contributed by atoms with Crippen LogP contribution in [0.5, 0.6) is 0 Å². The first kappa shape index (κ1) is 23.7. The van der Waals surface area contributed by atoms with E-state index < -0.39 is 6.04 Å². The van der Waals surface area contributed by atoms with Crippen LogP contribution in [0, 0.1) is 0 Å². The first-order valence-electron chi connectivity index (χ1n) is 10.9. The molecule has 0 spiro atoms. The number of carbonyl (C=O) groups is 2. The van der Waals surface area contributed by atoms with Crippen LogP contribution in [0.15, 0.2) is 54.6 Å². The van der Waals surface area contributed by atoms with Gasteiger partial charge in [-0.25, -0.2) is 0 Å². The summed E-state index contributed by atoms with van der Waals surface area (Å²) in [6.07, 6.45) is 1.92. The standard InChI is InChI=1S/C26H36N2O2/c1-6-18-27-25(30)20(2)28(19-22-10-8-7-9-11-22)24(29)17-14-21-12-15-23(16-13-21)26(3,4)5/h7-13,15-16,20H,6,14,17-19H2,1-5H3,(H,27,30). The molecule has 1 unspecified atom stereocenters. The molecule has 0 bridgehead atoms. The van der Waals surface area contributed by atoms with Crippen molar-refractivity contribution in [1.82, 2.24) is 10.2 Å². The van der Waals surface area contributed by atoms with Gasteiger partial charge in [0.2, 0.25) is 11.8 Å². The highest BCUT2D eigenvalue weighted by molar-refractivity contribution is 5.87. The monoisotopic (exact) mass is 408 g/mol. The minimum absolute atomic E-state index is 0.00194. The lowest BCUT2D eigenvalue weighted by atomic mass is 9.86. The highest BCUT2D eigenvalue weighted by atomic mass is 16.2. The maximum Gasteiger partial charge on any atom is 0.242 e. The lowest BCUT2D eigenvalue weighted by Crippen LogP contribution is -2.47. The van der Waals surface area contributed by atoms with Crippen LogP contribution in [0.4, 0.5) is 0 Å². The molecule has 0 aliphatic rings. The second kappa shape index (κ2) is 11.0. The molecule has 0 heterocycles. The van der Waals surface area contributed by atoms with Crippen LogP contribution < -0.4 is 5.32 Å². The van der Waals surface area contributed by atoms with E-state index in [1.165, 1.54) is 5.56 Å². The fourth-order valence-electron chi connectivity index (χ4n) is 3.32. The molecular weight excluding hydrogens is 372 g/mol. The van der Waals surface area contributed by atoms with Crippen LogP contribution in [0.1, 0.15) is 64.2 Å². The SMILES string of the molecule is CCCNC(=O)C(C)N(Cc1ccccc1)C(=O)CCc1ccc(C(C)(C)C)cc1. The average Bonchev–Trinajstić information content (AvgIpc) is 2.74. The van der Waals surface area contributed by atoms with E-state index >= 15 is 0 Å². The lowest BCUT2D eigenvalue weighted by molar-refractivity contribution is -0.140. The van der Waals surface area contributed by atoms with Gasteiger partial charge >= 0.3 is 0 Å². The van der Waals surface area contributed by atoms with Gasteiger partial charge in [0.25, 0.3) is 0 Å². The largest absolute Gasteiger partial charge is 0.354 e. The van der Waals surface area contributed by atoms with Crippen molar-refractivity contribution in [2.75, 3.05) is 6.54 Å². The number of hydrogen-bond donors (Lipinski definition) is 1. The first-order chi connectivity index (χ1) is 14.2. The van der Waals surface area contributed by atoms with Crippen molar-refractivity contribution in [2.24, 2.45) is 0 Å². The third-order valence-electron chi connectivity index (χ3n) is 5.36. The summed E-state index contributed by atoms with van der Waals surface area (Å²) in [5, 5.41) is 2.91. The number of rotatable bonds is 9. The van der Waals surface area contributed by atoms with Gasteiger partial charge in [-0.1, -0.05) is 82.3 Å². The number of carbonyl (C=O) groups excluding carboxylic acids is 2. The predicted octanol–water partition coefficient (Wildman–Crippen LogP) is 4.86. The van der Waals surface area contributed by atoms with Crippen LogP contribution in [-0.4, -0.2) is 29.3 Å². The lowest BCUT2D eigenvalue weighted by Gasteiger charge is -2.29. The zero-order valence-corrected chi connectivity index (χ0v) is 19.1. The fourth-order valence-corrected chi connectivity index (χ4v) is 3.32. The Kier molecular flexibility index (Phi) is 8.64. The van der Waals surface area contributed by atoms with Crippen LogP contribution >= 0.6 is 0 Å². The minimum atomic E-state index is -0.507. The molecular formula is C26H36N2O2. The molecule has 0 saturated carbocycles. The van der Waals surface area contributed by atoms with E-state index in [-0.39, 0.29) is 17.2 Å². The van der Waals surface area contributed by atoms with Crippen LogP contribution in [0.2, 0.25) is 0 Å². The molecule has 0 aliphatic carbocycles. The predicted molar refractivity (Wildman–Crippen MR) is 123 cm³/mol. The molecule has 2 aromatic rings. The molecule has 2 rings (SSSR count). The third-order valence-corrected chi connectivity index (χ3v) is 5.36. The summed E-state index contributed by atoms with van der Waals surface area (Å²) in [4.78, 5) is 27.3. The number of nitrogens with one attached hydrogen (secondary N) is 1. The van der Waals surface area contributed by atoms with E-state index in [1.54, 1.807) is 4.90 Å². The molecule has 0 aliphatic heterocycles. The third kappa shape index (κ3) is 7.01. The first-order valence-corrected chi connectivity index (χ1v) is 10.9. The van der Waals surface area contributed by atoms with Gasteiger partial charge in [0.15, 0.2) is 0 Å². The molecule has 1 N–H and O–H groups in total. The van der Waals surface area contributed by atoms with Gasteiger partial charge in [-0.2, -0.15) is 0 Å². The van der Waals surface area contributed by atoms with Crippen molar-refractivity contribution in [3.05, 3.63) is 71.3 Å². The van der Waals surface area contributed by atoms with Gasteiger partial charge < -0.3 is 10.2 Å². The summed E-state index contributed by atoms with van der Waals surface area (Å²) in [6.45, 7) is 11.5. The van der Waals surface area contributed by atoms with Gasteiger partial charge in [0.1, 0.15) is 6.04 Å². The number of aryl methyl sites for hydroxylation is 1. The van der Waals surface area contributed by atoms with Gasteiger partial charge in [0.05, 0.1) is 0 Å². The van der Waals surface area contributed by atoms with Crippen LogP contribution in [0.3, 0.4) is 0 Å². The zero-order valence-electron chi connectivity index (χ0n) is 19.1. The molecule has 0 aromatic heterocycles. The molecule has 1 atom stereocenters. The average molecular weight is 409 g/mol. The van der Waals surface area contributed by atoms with Gasteiger partial charge in [0, 0.05) is 19.5 Å². The number of benzene rings is 2. The van der Waals surface area contributed by atoms with E-state index in [9.17, 15) is 9.59 Å². The van der Waals surface area contributed by atoms with E-state index in [1.807, 2.05) is 44.2 Å². The van der Waals surface area contributed by atoms with Crippen molar-refractivity contribution >= 4 is 11.8 Å². The maximum absolute atomic E-state index is 13.1. The zero-order chi connectivity index (χ0) is 22.1. The number of hydrogen-bond acceptors (Lipinski definition) is 2. The van der Waals surface area contributed by atoms with Crippen LogP contribution in [-0.2, 0) is 28.0 Å². The fraction of sp³-hybridized carbons (Fsp3) is 0.462.